The molecule has 4 heterocycles. The topological polar surface area (TPSA) is 82.8 Å². The molecule has 0 unspecified atom stereocenters. The number of aromatic nitrogens is 1. The maximum absolute atomic E-state index is 13.7. The summed E-state index contributed by atoms with van der Waals surface area (Å²) in [5.74, 6) is -2.07. The van der Waals surface area contributed by atoms with E-state index in [1.165, 1.54) is 23.1 Å². The predicted molar refractivity (Wildman–Crippen MR) is 125 cm³/mol. The number of hydrogen-bond donors (Lipinski definition) is 0. The van der Waals surface area contributed by atoms with Gasteiger partial charge in [0.1, 0.15) is 11.4 Å². The smallest absolute Gasteiger partial charge is 0.271 e. The molecule has 1 aliphatic carbocycles. The van der Waals surface area contributed by atoms with Crippen LogP contribution in [0.1, 0.15) is 5.01 Å². The van der Waals surface area contributed by atoms with Gasteiger partial charge in [-0.15, -0.1) is 0 Å². The first kappa shape index (κ1) is 20.2. The van der Waals surface area contributed by atoms with Crippen molar-refractivity contribution in [3.05, 3.63) is 81.0 Å². The zero-order chi connectivity index (χ0) is 23.0. The number of fused-ring (bicyclic) bond motifs is 6. The first-order valence-corrected chi connectivity index (χ1v) is 12.4. The fourth-order valence-corrected chi connectivity index (χ4v) is 7.21. The molecule has 0 radical (unpaired) electrons. The Morgan fingerprint density at radius 2 is 1.68 bits per heavy atom. The third-order valence-electron chi connectivity index (χ3n) is 6.38. The molecule has 3 aromatic rings. The lowest BCUT2D eigenvalue weighted by atomic mass is 10.0. The summed E-state index contributed by atoms with van der Waals surface area (Å²) in [6.07, 6.45) is 0. The summed E-state index contributed by atoms with van der Waals surface area (Å²) in [6.45, 7) is 0.871. The number of nitrogens with zero attached hydrogens (tertiary/aromatic N) is 2. The van der Waals surface area contributed by atoms with Crippen LogP contribution in [0.4, 0.5) is 5.69 Å². The lowest BCUT2D eigenvalue weighted by Crippen LogP contribution is -2.42. The number of anilines is 1. The fourth-order valence-electron chi connectivity index (χ4n) is 4.84. The van der Waals surface area contributed by atoms with Crippen molar-refractivity contribution < 1.29 is 28.7 Å². The number of rotatable bonds is 1. The van der Waals surface area contributed by atoms with Gasteiger partial charge in [-0.1, -0.05) is 53.1 Å². The maximum Gasteiger partial charge on any atom is 0.271 e. The summed E-state index contributed by atoms with van der Waals surface area (Å²) < 4.78 is 14.5. The normalized spacial score (nSPS) is 22.1. The molecule has 0 bridgehead atoms. The number of hydrogen-bond acceptors (Lipinski definition) is 8. The van der Waals surface area contributed by atoms with Crippen molar-refractivity contribution in [2.45, 2.75) is 11.6 Å². The molecule has 9 heteroatoms. The van der Waals surface area contributed by atoms with Gasteiger partial charge in [-0.05, 0) is 18.2 Å². The van der Waals surface area contributed by atoms with Gasteiger partial charge in [-0.2, -0.15) is 4.57 Å². The number of thiazole rings is 1. The first-order chi connectivity index (χ1) is 16.6. The average molecular weight is 489 g/mol. The van der Waals surface area contributed by atoms with Crippen molar-refractivity contribution in [3.63, 3.8) is 0 Å². The summed E-state index contributed by atoms with van der Waals surface area (Å²) in [6, 6.07) is 15.7. The summed E-state index contributed by atoms with van der Waals surface area (Å²) in [5.41, 5.74) is 2.74. The quantitative estimate of drug-likeness (QED) is 0.296. The highest BCUT2D eigenvalue weighted by atomic mass is 32.2. The maximum atomic E-state index is 13.7. The van der Waals surface area contributed by atoms with E-state index in [9.17, 15) is 14.7 Å². The number of ether oxygens (including phenoxy) is 2. The highest BCUT2D eigenvalue weighted by Crippen LogP contribution is 2.50. The molecule has 3 aliphatic heterocycles. The van der Waals surface area contributed by atoms with E-state index in [1.54, 1.807) is 0 Å². The molecule has 34 heavy (non-hydrogen) atoms. The van der Waals surface area contributed by atoms with Crippen molar-refractivity contribution in [2.75, 3.05) is 24.8 Å². The van der Waals surface area contributed by atoms with Crippen LogP contribution in [-0.2, 0) is 25.8 Å². The highest BCUT2D eigenvalue weighted by Gasteiger charge is 2.42. The molecule has 0 atom stereocenters. The molecule has 168 valence electrons. The molecule has 1 aromatic heterocycles. The van der Waals surface area contributed by atoms with E-state index >= 15 is 0 Å². The van der Waals surface area contributed by atoms with Crippen LogP contribution in [0.5, 0.6) is 0 Å². The molecule has 0 saturated heterocycles. The van der Waals surface area contributed by atoms with Crippen LogP contribution in [0.3, 0.4) is 0 Å². The van der Waals surface area contributed by atoms with Crippen molar-refractivity contribution in [2.24, 2.45) is 0 Å². The van der Waals surface area contributed by atoms with Crippen molar-refractivity contribution in [3.8, 4) is 0 Å². The summed E-state index contributed by atoms with van der Waals surface area (Å²) in [4.78, 5) is 29.4. The van der Waals surface area contributed by atoms with E-state index in [2.05, 4.69) is 0 Å². The summed E-state index contributed by atoms with van der Waals surface area (Å²) in [7, 11) is 0. The molecular formula is C25H16N2O5S2. The molecule has 7 rings (SSSR count). The Hall–Kier alpha value is -3.24. The molecule has 2 aromatic carbocycles. The summed E-state index contributed by atoms with van der Waals surface area (Å²) in [5, 5.41) is 15.3. The molecule has 0 spiro atoms. The second kappa shape index (κ2) is 7.38. The number of Topliss-reactive ketones (excluding diaryl/α,β-unsaturated/α-hetero) is 2. The van der Waals surface area contributed by atoms with Crippen LogP contribution in [0.25, 0.3) is 15.8 Å². The van der Waals surface area contributed by atoms with Crippen LogP contribution in [0, 0.1) is 0 Å². The lowest BCUT2D eigenvalue weighted by molar-refractivity contribution is -0.712. The SMILES string of the molecule is O=C1C(=O)/C(=C2\COC[n+]3c2sc2ccccc23)C([O-])=C1C1=C2Sc3ccccc3N2COC1. The van der Waals surface area contributed by atoms with E-state index in [0.717, 1.165) is 30.8 Å². The van der Waals surface area contributed by atoms with Gasteiger partial charge in [0.15, 0.2) is 0 Å². The Labute approximate surface area is 202 Å². The lowest BCUT2D eigenvalue weighted by Gasteiger charge is -2.29. The third kappa shape index (κ3) is 2.69. The molecule has 0 saturated carbocycles. The Morgan fingerprint density at radius 1 is 0.912 bits per heavy atom. The van der Waals surface area contributed by atoms with Gasteiger partial charge in [0.25, 0.3) is 11.7 Å². The number of ketones is 2. The van der Waals surface area contributed by atoms with E-state index in [1.807, 2.05) is 58.0 Å². The van der Waals surface area contributed by atoms with Crippen LogP contribution in [-0.4, -0.2) is 31.5 Å². The zero-order valence-corrected chi connectivity index (χ0v) is 19.3. The highest BCUT2D eigenvalue weighted by molar-refractivity contribution is 8.03. The molecule has 0 N–H and O–H groups in total. The Balaban J connectivity index is 1.42. The Bertz CT molecular complexity index is 1550. The predicted octanol–water partition coefficient (Wildman–Crippen LogP) is 2.51. The van der Waals surface area contributed by atoms with E-state index < -0.39 is 17.3 Å². The second-order valence-electron chi connectivity index (χ2n) is 8.26. The van der Waals surface area contributed by atoms with Crippen LogP contribution < -0.4 is 14.6 Å². The minimum Gasteiger partial charge on any atom is -0.871 e. The number of para-hydroxylation sites is 2. The van der Waals surface area contributed by atoms with Gasteiger partial charge in [0.05, 0.1) is 29.5 Å². The van der Waals surface area contributed by atoms with Gasteiger partial charge in [0, 0.05) is 27.7 Å². The second-order valence-corrected chi connectivity index (χ2v) is 10.3. The summed E-state index contributed by atoms with van der Waals surface area (Å²) >= 11 is 2.99. The minimum absolute atomic E-state index is 0.0780. The van der Waals surface area contributed by atoms with E-state index in [4.69, 9.17) is 9.47 Å². The van der Waals surface area contributed by atoms with Crippen molar-refractivity contribution in [1.82, 2.24) is 0 Å². The molecule has 0 amide bonds. The Kier molecular flexibility index (Phi) is 4.38. The average Bonchev–Trinajstić information content (AvgIpc) is 3.49. The molecule has 0 fully saturated rings. The van der Waals surface area contributed by atoms with Gasteiger partial charge >= 0.3 is 0 Å². The standard InChI is InChI=1S/C25H16N2O5S2/c28-21-19(13-9-31-11-26-15-5-1-3-7-17(15)33-24(13)26)22(29)23(30)20(21)14-10-32-12-27-16-6-2-4-8-18(16)34-25(14)27/h1-8H,9-12H2. The van der Waals surface area contributed by atoms with Crippen molar-refractivity contribution >= 4 is 56.1 Å². The molecule has 4 aliphatic rings. The number of thioether (sulfide) groups is 1. The molecular weight excluding hydrogens is 472 g/mol. The van der Waals surface area contributed by atoms with Crippen LogP contribution in [0.2, 0.25) is 0 Å². The number of allylic oxidation sites excluding steroid dienone is 1. The van der Waals surface area contributed by atoms with Gasteiger partial charge in [0.2, 0.25) is 17.1 Å². The first-order valence-electron chi connectivity index (χ1n) is 10.7. The number of carbonyl (C=O) groups is 2. The largest absolute Gasteiger partial charge is 0.871 e. The Morgan fingerprint density at radius 3 is 2.59 bits per heavy atom. The van der Waals surface area contributed by atoms with Crippen molar-refractivity contribution in [1.29, 1.82) is 0 Å². The zero-order valence-electron chi connectivity index (χ0n) is 17.7. The minimum atomic E-state index is -0.768. The van der Waals surface area contributed by atoms with E-state index in [-0.39, 0.29) is 24.4 Å². The van der Waals surface area contributed by atoms with Gasteiger partial charge < -0.3 is 19.5 Å². The third-order valence-corrected chi connectivity index (χ3v) is 8.83. The number of benzene rings is 2. The monoisotopic (exact) mass is 488 g/mol. The number of carbonyl (C=O) groups excluding carboxylic acids is 2. The van der Waals surface area contributed by atoms with Crippen LogP contribution in [0.15, 0.2) is 80.9 Å². The van der Waals surface area contributed by atoms with Gasteiger partial charge in [-0.3, -0.25) is 9.59 Å². The van der Waals surface area contributed by atoms with Gasteiger partial charge in [-0.25, -0.2) is 0 Å². The van der Waals surface area contributed by atoms with Crippen LogP contribution >= 0.6 is 23.1 Å². The van der Waals surface area contributed by atoms with E-state index in [0.29, 0.717) is 24.6 Å². The fraction of sp³-hybridized carbons (Fsp3) is 0.160. The molecule has 7 nitrogen and oxygen atoms in total.